The molecule has 0 aliphatic carbocycles. The summed E-state index contributed by atoms with van der Waals surface area (Å²) in [5.74, 6) is 0.434. The average molecular weight is 457 g/mol. The molecule has 0 radical (unpaired) electrons. The number of nitrogens with one attached hydrogen (secondary N) is 3. The maximum Gasteiger partial charge on any atom is 0.253 e. The number of rotatable bonds is 12. The number of carbonyl (C=O) groups excluding carboxylic acids is 1. The molecule has 1 amide bonds. The largest absolute Gasteiger partial charge is 0.347 e. The van der Waals surface area contributed by atoms with E-state index in [0.717, 1.165) is 33.7 Å². The first-order valence-electron chi connectivity index (χ1n) is 10.3. The second-order valence-electron chi connectivity index (χ2n) is 7.29. The van der Waals surface area contributed by atoms with Crippen molar-refractivity contribution in [3.8, 4) is 11.1 Å². The van der Waals surface area contributed by atoms with Crippen LogP contribution >= 0.6 is 11.8 Å². The van der Waals surface area contributed by atoms with Crippen LogP contribution in [0.2, 0.25) is 0 Å². The summed E-state index contributed by atoms with van der Waals surface area (Å²) in [6.45, 7) is 3.32. The van der Waals surface area contributed by atoms with Gasteiger partial charge in [0.15, 0.2) is 6.23 Å². The topological polar surface area (TPSA) is 109 Å². The van der Waals surface area contributed by atoms with Gasteiger partial charge in [-0.1, -0.05) is 35.4 Å². The van der Waals surface area contributed by atoms with Gasteiger partial charge < -0.3 is 15.6 Å². The number of hydrogen-bond donors (Lipinski definition) is 4. The van der Waals surface area contributed by atoms with Crippen molar-refractivity contribution in [2.45, 2.75) is 32.7 Å². The third-order valence-electron chi connectivity index (χ3n) is 5.00. The maximum absolute atomic E-state index is 13.1. The molecular formula is C23H28N4O4S. The van der Waals surface area contributed by atoms with Gasteiger partial charge in [-0.25, -0.2) is 10.2 Å². The number of imidazole rings is 1. The second kappa shape index (κ2) is 12.4. The van der Waals surface area contributed by atoms with Crippen LogP contribution in [0, 0.1) is 6.92 Å². The van der Waals surface area contributed by atoms with Crippen LogP contribution in [0.3, 0.4) is 0 Å². The van der Waals surface area contributed by atoms with E-state index in [1.807, 2.05) is 55.6 Å². The molecular weight excluding hydrogens is 428 g/mol. The first-order chi connectivity index (χ1) is 15.6. The number of benzene rings is 2. The fourth-order valence-corrected chi connectivity index (χ4v) is 3.82. The molecule has 4 N–H and O–H groups in total. The highest BCUT2D eigenvalue weighted by Gasteiger charge is 2.19. The van der Waals surface area contributed by atoms with Crippen molar-refractivity contribution >= 4 is 17.7 Å². The summed E-state index contributed by atoms with van der Waals surface area (Å²) in [6.07, 6.45) is 5.11. The fraction of sp³-hybridized carbons (Fsp3) is 0.304. The van der Waals surface area contributed by atoms with E-state index in [2.05, 4.69) is 25.6 Å². The van der Waals surface area contributed by atoms with Crippen LogP contribution in [0.4, 0.5) is 0 Å². The number of aryl methyl sites for hydroxylation is 1. The third-order valence-corrected chi connectivity index (χ3v) is 5.64. The molecule has 170 valence electrons. The summed E-state index contributed by atoms with van der Waals surface area (Å²) in [7, 11) is 0. The van der Waals surface area contributed by atoms with Crippen molar-refractivity contribution in [3.05, 3.63) is 77.4 Å². The van der Waals surface area contributed by atoms with E-state index in [4.69, 9.17) is 10.1 Å². The molecule has 0 bridgehead atoms. The van der Waals surface area contributed by atoms with E-state index in [1.165, 1.54) is 0 Å². The quantitative estimate of drug-likeness (QED) is 0.186. The van der Waals surface area contributed by atoms with E-state index in [1.54, 1.807) is 24.3 Å². The van der Waals surface area contributed by atoms with Gasteiger partial charge in [-0.2, -0.15) is 16.6 Å². The minimum Gasteiger partial charge on any atom is -0.347 e. The number of hydrogen-bond acceptors (Lipinski definition) is 7. The molecule has 8 nitrogen and oxygen atoms in total. The standard InChI is InChI=1S/C23H28N4O4S/c1-16-5-3-4-6-19(16)21-11-17(12-24-13-18-14-25-15-26-18)7-8-20(21)23(28)27-22(30-31-29)9-10-32-2/h3-8,11,14-15,22,24,29H,9-10,12-13H2,1-2H3,(H,25,26)(H,27,28). The van der Waals surface area contributed by atoms with Crippen molar-refractivity contribution < 1.29 is 20.0 Å². The van der Waals surface area contributed by atoms with Crippen molar-refractivity contribution in [1.82, 2.24) is 20.6 Å². The highest BCUT2D eigenvalue weighted by atomic mass is 32.2. The Morgan fingerprint density at radius 2 is 2.06 bits per heavy atom. The molecule has 0 aliphatic heterocycles. The number of thioether (sulfide) groups is 1. The van der Waals surface area contributed by atoms with Crippen LogP contribution in [0.25, 0.3) is 11.1 Å². The zero-order chi connectivity index (χ0) is 22.8. The Balaban J connectivity index is 1.83. The normalized spacial score (nSPS) is 12.0. The van der Waals surface area contributed by atoms with Gasteiger partial charge in [0.2, 0.25) is 0 Å². The average Bonchev–Trinajstić information content (AvgIpc) is 3.31. The van der Waals surface area contributed by atoms with Gasteiger partial charge in [0.05, 0.1) is 6.33 Å². The minimum absolute atomic E-state index is 0.302. The van der Waals surface area contributed by atoms with Gasteiger partial charge in [-0.3, -0.25) is 4.79 Å². The van der Waals surface area contributed by atoms with Gasteiger partial charge in [-0.15, -0.1) is 0 Å². The summed E-state index contributed by atoms with van der Waals surface area (Å²) < 4.78 is 0. The highest BCUT2D eigenvalue weighted by molar-refractivity contribution is 7.98. The number of aromatic nitrogens is 2. The van der Waals surface area contributed by atoms with Crippen molar-refractivity contribution in [3.63, 3.8) is 0 Å². The molecule has 32 heavy (non-hydrogen) atoms. The second-order valence-corrected chi connectivity index (χ2v) is 8.28. The SMILES string of the molecule is CSCCC(NC(=O)c1ccc(CNCc2cnc[nH]2)cc1-c1ccccc1C)OOO. The lowest BCUT2D eigenvalue weighted by molar-refractivity contribution is -0.507. The molecule has 0 saturated heterocycles. The lowest BCUT2D eigenvalue weighted by atomic mass is 9.93. The lowest BCUT2D eigenvalue weighted by Crippen LogP contribution is -2.37. The number of amides is 1. The summed E-state index contributed by atoms with van der Waals surface area (Å²) >= 11 is 1.61. The zero-order valence-electron chi connectivity index (χ0n) is 18.1. The Hall–Kier alpha value is -2.69. The fourth-order valence-electron chi connectivity index (χ4n) is 3.37. The molecule has 3 aromatic rings. The van der Waals surface area contributed by atoms with Gasteiger partial charge in [-0.05, 0) is 53.3 Å². The third kappa shape index (κ3) is 6.65. The lowest BCUT2D eigenvalue weighted by Gasteiger charge is -2.18. The van der Waals surface area contributed by atoms with Crippen LogP contribution in [0.5, 0.6) is 0 Å². The van der Waals surface area contributed by atoms with Crippen LogP contribution in [0.1, 0.15) is 33.6 Å². The molecule has 1 aromatic heterocycles. The van der Waals surface area contributed by atoms with Gasteiger partial charge in [0.1, 0.15) is 0 Å². The number of aromatic amines is 1. The molecule has 2 aromatic carbocycles. The monoisotopic (exact) mass is 456 g/mol. The Bertz CT molecular complexity index is 997. The van der Waals surface area contributed by atoms with E-state index in [0.29, 0.717) is 25.1 Å². The van der Waals surface area contributed by atoms with Crippen LogP contribution in [-0.4, -0.2) is 39.4 Å². The first-order valence-corrected chi connectivity index (χ1v) is 11.7. The zero-order valence-corrected chi connectivity index (χ0v) is 18.9. The maximum atomic E-state index is 13.1. The number of nitrogens with zero attached hydrogens (tertiary/aromatic N) is 1. The predicted molar refractivity (Wildman–Crippen MR) is 125 cm³/mol. The molecule has 0 fully saturated rings. The minimum atomic E-state index is -0.764. The molecule has 0 aliphatic rings. The molecule has 1 atom stereocenters. The van der Waals surface area contributed by atoms with Crippen LogP contribution in [0.15, 0.2) is 55.0 Å². The predicted octanol–water partition coefficient (Wildman–Crippen LogP) is 3.91. The van der Waals surface area contributed by atoms with E-state index in [-0.39, 0.29) is 5.91 Å². The molecule has 0 spiro atoms. The summed E-state index contributed by atoms with van der Waals surface area (Å²) in [6, 6.07) is 13.7. The number of carbonyl (C=O) groups is 1. The Morgan fingerprint density at radius 3 is 2.78 bits per heavy atom. The van der Waals surface area contributed by atoms with Crippen LogP contribution in [-0.2, 0) is 23.0 Å². The van der Waals surface area contributed by atoms with E-state index in [9.17, 15) is 4.79 Å². The summed E-state index contributed by atoms with van der Waals surface area (Å²) in [5, 5.41) is 18.7. The Kier molecular flexibility index (Phi) is 9.27. The Morgan fingerprint density at radius 1 is 1.22 bits per heavy atom. The van der Waals surface area contributed by atoms with E-state index >= 15 is 0 Å². The van der Waals surface area contributed by atoms with Crippen molar-refractivity contribution in [2.24, 2.45) is 0 Å². The van der Waals surface area contributed by atoms with E-state index < -0.39 is 6.23 Å². The van der Waals surface area contributed by atoms with Gasteiger partial charge in [0, 0.05) is 37.0 Å². The molecule has 0 saturated carbocycles. The van der Waals surface area contributed by atoms with Gasteiger partial charge >= 0.3 is 0 Å². The highest BCUT2D eigenvalue weighted by Crippen LogP contribution is 2.28. The van der Waals surface area contributed by atoms with Crippen LogP contribution < -0.4 is 10.6 Å². The summed E-state index contributed by atoms with van der Waals surface area (Å²) in [5.41, 5.74) is 5.45. The van der Waals surface area contributed by atoms with Crippen molar-refractivity contribution in [1.29, 1.82) is 0 Å². The Labute approximate surface area is 191 Å². The van der Waals surface area contributed by atoms with Gasteiger partial charge in [0.25, 0.3) is 5.91 Å². The smallest absolute Gasteiger partial charge is 0.253 e. The number of H-pyrrole nitrogens is 1. The first kappa shape index (κ1) is 24.0. The molecule has 3 rings (SSSR count). The van der Waals surface area contributed by atoms with Crippen molar-refractivity contribution in [2.75, 3.05) is 12.0 Å². The molecule has 9 heteroatoms. The molecule has 1 unspecified atom stereocenters. The summed E-state index contributed by atoms with van der Waals surface area (Å²) in [4.78, 5) is 25.0. The molecule has 1 heterocycles.